The van der Waals surface area contributed by atoms with Crippen LogP contribution in [0.1, 0.15) is 44.1 Å². The zero-order chi connectivity index (χ0) is 10.8. The molecule has 1 atom stereocenters. The molecule has 1 aliphatic rings. The Morgan fingerprint density at radius 3 is 3.13 bits per heavy atom. The summed E-state index contributed by atoms with van der Waals surface area (Å²) in [6, 6.07) is 2.13. The van der Waals surface area contributed by atoms with E-state index in [0.29, 0.717) is 0 Å². The lowest BCUT2D eigenvalue weighted by molar-refractivity contribution is -0.124. The number of nitrogens with one attached hydrogen (secondary N) is 1. The van der Waals surface area contributed by atoms with Gasteiger partial charge in [-0.25, -0.2) is 0 Å². The first-order valence-electron chi connectivity index (χ1n) is 5.55. The standard InChI is InChI=1S/C12H17NO2/c1-8(2)12(14)13-10-4-3-5-11-9(10)6-7-15-11/h6-8,10H,3-5H2,1-2H3,(H,13,14)/t10-/m0/s1. The summed E-state index contributed by atoms with van der Waals surface area (Å²) >= 11 is 0. The van der Waals surface area contributed by atoms with Crippen molar-refractivity contribution in [1.82, 2.24) is 5.32 Å². The van der Waals surface area contributed by atoms with Crippen LogP contribution in [-0.2, 0) is 11.2 Å². The number of aryl methyl sites for hydroxylation is 1. The number of rotatable bonds is 2. The van der Waals surface area contributed by atoms with Crippen molar-refractivity contribution in [3.8, 4) is 0 Å². The molecule has 0 saturated carbocycles. The van der Waals surface area contributed by atoms with Gasteiger partial charge in [0.1, 0.15) is 5.76 Å². The summed E-state index contributed by atoms with van der Waals surface area (Å²) in [6.45, 7) is 3.82. The molecule has 0 bridgehead atoms. The van der Waals surface area contributed by atoms with Crippen LogP contribution in [0.15, 0.2) is 16.7 Å². The Labute approximate surface area is 89.9 Å². The quantitative estimate of drug-likeness (QED) is 0.809. The molecule has 3 heteroatoms. The largest absolute Gasteiger partial charge is 0.469 e. The van der Waals surface area contributed by atoms with E-state index in [0.717, 1.165) is 30.6 Å². The molecule has 0 saturated heterocycles. The Hall–Kier alpha value is -1.25. The second kappa shape index (κ2) is 4.09. The first-order valence-corrected chi connectivity index (χ1v) is 5.55. The van der Waals surface area contributed by atoms with Gasteiger partial charge in [-0.1, -0.05) is 13.8 Å². The monoisotopic (exact) mass is 207 g/mol. The van der Waals surface area contributed by atoms with Crippen LogP contribution in [0, 0.1) is 5.92 Å². The van der Waals surface area contributed by atoms with Crippen LogP contribution in [0.5, 0.6) is 0 Å². The number of furan rings is 1. The fraction of sp³-hybridized carbons (Fsp3) is 0.583. The predicted molar refractivity (Wildman–Crippen MR) is 57.4 cm³/mol. The highest BCUT2D eigenvalue weighted by Crippen LogP contribution is 2.30. The highest BCUT2D eigenvalue weighted by atomic mass is 16.3. The van der Waals surface area contributed by atoms with E-state index in [9.17, 15) is 4.79 Å². The van der Waals surface area contributed by atoms with Gasteiger partial charge in [-0.3, -0.25) is 4.79 Å². The molecule has 2 rings (SSSR count). The van der Waals surface area contributed by atoms with Gasteiger partial charge in [-0.05, 0) is 18.9 Å². The van der Waals surface area contributed by atoms with Crippen molar-refractivity contribution < 1.29 is 9.21 Å². The first kappa shape index (κ1) is 10.3. The minimum atomic E-state index is 0.0438. The Bertz CT molecular complexity index is 354. The van der Waals surface area contributed by atoms with Gasteiger partial charge in [0.2, 0.25) is 5.91 Å². The number of amides is 1. The van der Waals surface area contributed by atoms with Gasteiger partial charge < -0.3 is 9.73 Å². The van der Waals surface area contributed by atoms with Crippen LogP contribution in [0.3, 0.4) is 0 Å². The molecule has 15 heavy (non-hydrogen) atoms. The van der Waals surface area contributed by atoms with E-state index in [-0.39, 0.29) is 17.9 Å². The van der Waals surface area contributed by atoms with Crippen LogP contribution >= 0.6 is 0 Å². The Morgan fingerprint density at radius 1 is 1.60 bits per heavy atom. The summed E-state index contributed by atoms with van der Waals surface area (Å²) in [5.41, 5.74) is 1.16. The van der Waals surface area contributed by atoms with Crippen LogP contribution in [0.2, 0.25) is 0 Å². The molecule has 0 aliphatic heterocycles. The van der Waals surface area contributed by atoms with E-state index in [1.807, 2.05) is 19.9 Å². The third kappa shape index (κ3) is 2.06. The van der Waals surface area contributed by atoms with Gasteiger partial charge in [-0.15, -0.1) is 0 Å². The van der Waals surface area contributed by atoms with Gasteiger partial charge in [0.05, 0.1) is 12.3 Å². The normalized spacial score (nSPS) is 20.1. The van der Waals surface area contributed by atoms with Gasteiger partial charge in [0, 0.05) is 17.9 Å². The SMILES string of the molecule is CC(C)C(=O)N[C@H]1CCCc2occc21. The average molecular weight is 207 g/mol. The molecule has 0 spiro atoms. The maximum absolute atomic E-state index is 11.6. The van der Waals surface area contributed by atoms with E-state index < -0.39 is 0 Å². The fourth-order valence-electron chi connectivity index (χ4n) is 1.97. The molecule has 1 amide bonds. The summed E-state index contributed by atoms with van der Waals surface area (Å²) in [7, 11) is 0. The lowest BCUT2D eigenvalue weighted by Gasteiger charge is -2.23. The third-order valence-electron chi connectivity index (χ3n) is 2.89. The third-order valence-corrected chi connectivity index (χ3v) is 2.89. The van der Waals surface area contributed by atoms with Gasteiger partial charge >= 0.3 is 0 Å². The summed E-state index contributed by atoms with van der Waals surface area (Å²) in [4.78, 5) is 11.6. The molecule has 0 unspecified atom stereocenters. The van der Waals surface area contributed by atoms with Crippen molar-refractivity contribution in [1.29, 1.82) is 0 Å². The van der Waals surface area contributed by atoms with Crippen molar-refractivity contribution in [3.63, 3.8) is 0 Å². The van der Waals surface area contributed by atoms with E-state index in [4.69, 9.17) is 4.42 Å². The topological polar surface area (TPSA) is 42.2 Å². The van der Waals surface area contributed by atoms with E-state index in [1.165, 1.54) is 0 Å². The lowest BCUT2D eigenvalue weighted by atomic mass is 9.93. The molecule has 1 N–H and O–H groups in total. The van der Waals surface area contributed by atoms with Crippen molar-refractivity contribution in [2.24, 2.45) is 5.92 Å². The fourth-order valence-corrected chi connectivity index (χ4v) is 1.97. The molecule has 0 fully saturated rings. The molecular formula is C12H17NO2. The molecule has 0 aromatic carbocycles. The summed E-state index contributed by atoms with van der Waals surface area (Å²) in [6.07, 6.45) is 4.81. The number of hydrogen-bond donors (Lipinski definition) is 1. The van der Waals surface area contributed by atoms with Crippen molar-refractivity contribution in [2.75, 3.05) is 0 Å². The highest BCUT2D eigenvalue weighted by molar-refractivity contribution is 5.78. The van der Waals surface area contributed by atoms with Crippen LogP contribution < -0.4 is 5.32 Å². The number of hydrogen-bond acceptors (Lipinski definition) is 2. The zero-order valence-corrected chi connectivity index (χ0v) is 9.25. The van der Waals surface area contributed by atoms with Crippen LogP contribution in [0.4, 0.5) is 0 Å². The minimum absolute atomic E-state index is 0.0438. The second-order valence-corrected chi connectivity index (χ2v) is 4.41. The molecule has 1 heterocycles. The van der Waals surface area contributed by atoms with E-state index >= 15 is 0 Å². The first-order chi connectivity index (χ1) is 7.18. The number of carbonyl (C=O) groups is 1. The molecule has 1 aromatic heterocycles. The Morgan fingerprint density at radius 2 is 2.40 bits per heavy atom. The van der Waals surface area contributed by atoms with Crippen molar-refractivity contribution in [2.45, 2.75) is 39.2 Å². The maximum Gasteiger partial charge on any atom is 0.223 e. The van der Waals surface area contributed by atoms with E-state index in [1.54, 1.807) is 6.26 Å². The van der Waals surface area contributed by atoms with Crippen molar-refractivity contribution in [3.05, 3.63) is 23.7 Å². The summed E-state index contributed by atoms with van der Waals surface area (Å²) in [5.74, 6) is 1.20. The van der Waals surface area contributed by atoms with Crippen molar-refractivity contribution >= 4 is 5.91 Å². The number of carbonyl (C=O) groups excluding carboxylic acids is 1. The Kier molecular flexibility index (Phi) is 2.80. The van der Waals surface area contributed by atoms with Gasteiger partial charge in [0.15, 0.2) is 0 Å². The highest BCUT2D eigenvalue weighted by Gasteiger charge is 2.24. The molecule has 1 aromatic rings. The molecule has 0 radical (unpaired) electrons. The smallest absolute Gasteiger partial charge is 0.223 e. The van der Waals surface area contributed by atoms with Gasteiger partial charge in [0.25, 0.3) is 0 Å². The Balaban J connectivity index is 2.10. The summed E-state index contributed by atoms with van der Waals surface area (Å²) < 4.78 is 5.38. The molecule has 3 nitrogen and oxygen atoms in total. The molecule has 82 valence electrons. The predicted octanol–water partition coefficient (Wildman–Crippen LogP) is 2.43. The minimum Gasteiger partial charge on any atom is -0.469 e. The second-order valence-electron chi connectivity index (χ2n) is 4.41. The lowest BCUT2D eigenvalue weighted by Crippen LogP contribution is -2.33. The molecular weight excluding hydrogens is 190 g/mol. The van der Waals surface area contributed by atoms with E-state index in [2.05, 4.69) is 5.32 Å². The zero-order valence-electron chi connectivity index (χ0n) is 9.25. The average Bonchev–Trinajstić information content (AvgIpc) is 2.66. The van der Waals surface area contributed by atoms with Crippen LogP contribution in [-0.4, -0.2) is 5.91 Å². The van der Waals surface area contributed by atoms with Crippen LogP contribution in [0.25, 0.3) is 0 Å². The summed E-state index contributed by atoms with van der Waals surface area (Å²) in [5, 5.41) is 3.06. The molecule has 1 aliphatic carbocycles. The maximum atomic E-state index is 11.6. The van der Waals surface area contributed by atoms with Gasteiger partial charge in [-0.2, -0.15) is 0 Å². The number of fused-ring (bicyclic) bond motifs is 1.